The molecule has 1 saturated carbocycles. The Hall–Kier alpha value is -4.41. The fourth-order valence-corrected chi connectivity index (χ4v) is 4.86. The smallest absolute Gasteiger partial charge is 0.270 e. The average Bonchev–Trinajstić information content (AvgIpc) is 3.74. The summed E-state index contributed by atoms with van der Waals surface area (Å²) in [7, 11) is 0. The maximum absolute atomic E-state index is 13.3. The lowest BCUT2D eigenvalue weighted by atomic mass is 10.0. The summed E-state index contributed by atoms with van der Waals surface area (Å²) in [6, 6.07) is 12.0. The van der Waals surface area contributed by atoms with Crippen LogP contribution in [0.4, 0.5) is 5.82 Å². The van der Waals surface area contributed by atoms with E-state index >= 15 is 0 Å². The van der Waals surface area contributed by atoms with Crippen molar-refractivity contribution in [1.29, 1.82) is 0 Å². The molecule has 40 heavy (non-hydrogen) atoms. The van der Waals surface area contributed by atoms with E-state index in [1.807, 2.05) is 30.5 Å². The fourth-order valence-electron chi connectivity index (χ4n) is 4.86. The van der Waals surface area contributed by atoms with Gasteiger partial charge in [0.15, 0.2) is 0 Å². The molecular formula is C29H35N7O4. The zero-order chi connectivity index (χ0) is 27.9. The molecule has 5 N–H and O–H groups in total. The Morgan fingerprint density at radius 1 is 0.925 bits per heavy atom. The third-order valence-corrected chi connectivity index (χ3v) is 7.18. The van der Waals surface area contributed by atoms with E-state index in [-0.39, 0.29) is 35.9 Å². The number of aromatic nitrogens is 2. The molecule has 0 radical (unpaired) electrons. The van der Waals surface area contributed by atoms with Crippen LogP contribution in [0.3, 0.4) is 0 Å². The van der Waals surface area contributed by atoms with Gasteiger partial charge in [-0.25, -0.2) is 4.98 Å². The van der Waals surface area contributed by atoms with Gasteiger partial charge in [-0.15, -0.1) is 0 Å². The molecule has 1 aliphatic heterocycles. The first-order chi connectivity index (χ1) is 19.5. The summed E-state index contributed by atoms with van der Waals surface area (Å²) in [6.45, 7) is 1.58. The third kappa shape index (κ3) is 6.96. The minimum Gasteiger partial charge on any atom is -0.368 e. The minimum absolute atomic E-state index is 0.0144. The largest absolute Gasteiger partial charge is 0.368 e. The maximum Gasteiger partial charge on any atom is 0.270 e. The highest BCUT2D eigenvalue weighted by atomic mass is 16.2. The Balaban J connectivity index is 1.33. The normalized spacial score (nSPS) is 19.9. The van der Waals surface area contributed by atoms with Crippen LogP contribution in [0.15, 0.2) is 48.7 Å². The molecule has 1 aromatic carbocycles. The van der Waals surface area contributed by atoms with Crippen LogP contribution in [0, 0.1) is 5.92 Å². The Morgan fingerprint density at radius 3 is 2.60 bits per heavy atom. The number of amides is 4. The molecule has 3 heterocycles. The SMILES string of the molecule is O=C1CN(C(=O)C2CC2)CCCCNC(=O)[C@H](Cc2c[nH]c3ccccc23)NC(=O)c2cccc(n2)NCCN1. The molecule has 11 heteroatoms. The quantitative estimate of drug-likeness (QED) is 0.338. The van der Waals surface area contributed by atoms with Crippen molar-refractivity contribution in [1.82, 2.24) is 30.8 Å². The molecule has 0 spiro atoms. The molecule has 3 aromatic rings. The molecule has 5 rings (SSSR count). The van der Waals surface area contributed by atoms with Gasteiger partial charge in [0.2, 0.25) is 17.7 Å². The summed E-state index contributed by atoms with van der Waals surface area (Å²) in [5.74, 6) is -0.458. The number of carbonyl (C=O) groups excluding carboxylic acids is 4. The molecule has 2 aromatic heterocycles. The number of nitrogens with one attached hydrogen (secondary N) is 5. The lowest BCUT2D eigenvalue weighted by Gasteiger charge is -2.22. The van der Waals surface area contributed by atoms with Crippen LogP contribution in [0.25, 0.3) is 10.9 Å². The summed E-state index contributed by atoms with van der Waals surface area (Å²) < 4.78 is 0. The van der Waals surface area contributed by atoms with Gasteiger partial charge in [-0.3, -0.25) is 19.2 Å². The average molecular weight is 546 g/mol. The van der Waals surface area contributed by atoms with Crippen molar-refractivity contribution in [2.24, 2.45) is 5.92 Å². The maximum atomic E-state index is 13.3. The standard InChI is InChI=1S/C29H35N7O4/c37-26-18-36(29(40)19-10-11-19)15-4-3-12-32-27(38)24(16-20-17-33-22-7-2-1-6-21(20)22)35-28(39)23-8-5-9-25(34-23)30-13-14-31-26/h1-2,5-9,17,19,24,33H,3-4,10-16,18H2,(H,30,34)(H,31,37)(H,32,38)(H,35,39)/t24-/m0/s1. The molecule has 1 aliphatic carbocycles. The summed E-state index contributed by atoms with van der Waals surface area (Å²) in [5, 5.41) is 12.8. The van der Waals surface area contributed by atoms with Gasteiger partial charge in [0.25, 0.3) is 5.91 Å². The van der Waals surface area contributed by atoms with E-state index in [4.69, 9.17) is 0 Å². The zero-order valence-corrected chi connectivity index (χ0v) is 22.4. The van der Waals surface area contributed by atoms with Crippen LogP contribution in [0.2, 0.25) is 0 Å². The van der Waals surface area contributed by atoms with Crippen LogP contribution >= 0.6 is 0 Å². The van der Waals surface area contributed by atoms with Gasteiger partial charge in [0, 0.05) is 55.6 Å². The first-order valence-corrected chi connectivity index (χ1v) is 13.9. The minimum atomic E-state index is -0.818. The van der Waals surface area contributed by atoms with E-state index in [1.54, 1.807) is 23.1 Å². The number of hydrogen-bond donors (Lipinski definition) is 5. The van der Waals surface area contributed by atoms with Gasteiger partial charge >= 0.3 is 0 Å². The first-order valence-electron chi connectivity index (χ1n) is 13.9. The summed E-state index contributed by atoms with van der Waals surface area (Å²) in [5.41, 5.74) is 2.06. The second kappa shape index (κ2) is 12.6. The van der Waals surface area contributed by atoms with Gasteiger partial charge < -0.3 is 31.2 Å². The van der Waals surface area contributed by atoms with Crippen LogP contribution in [-0.2, 0) is 20.8 Å². The van der Waals surface area contributed by atoms with Gasteiger partial charge in [-0.05, 0) is 49.4 Å². The highest BCUT2D eigenvalue weighted by Gasteiger charge is 2.34. The van der Waals surface area contributed by atoms with Gasteiger partial charge in [0.1, 0.15) is 17.6 Å². The van der Waals surface area contributed by atoms with Crippen molar-refractivity contribution in [3.8, 4) is 0 Å². The number of aromatic amines is 1. The van der Waals surface area contributed by atoms with Gasteiger partial charge in [-0.1, -0.05) is 24.3 Å². The molecule has 0 unspecified atom stereocenters. The van der Waals surface area contributed by atoms with Crippen molar-refractivity contribution >= 4 is 40.3 Å². The summed E-state index contributed by atoms with van der Waals surface area (Å²) in [6.07, 6.45) is 5.17. The van der Waals surface area contributed by atoms with Gasteiger partial charge in [0.05, 0.1) is 6.54 Å². The number of benzene rings is 1. The number of hydrogen-bond acceptors (Lipinski definition) is 6. The van der Waals surface area contributed by atoms with E-state index < -0.39 is 11.9 Å². The monoisotopic (exact) mass is 545 g/mol. The van der Waals surface area contributed by atoms with Crippen molar-refractivity contribution in [2.45, 2.75) is 38.1 Å². The van der Waals surface area contributed by atoms with E-state index in [0.717, 1.165) is 29.3 Å². The second-order valence-electron chi connectivity index (χ2n) is 10.3. The number of fused-ring (bicyclic) bond motifs is 3. The van der Waals surface area contributed by atoms with Crippen molar-refractivity contribution in [3.63, 3.8) is 0 Å². The van der Waals surface area contributed by atoms with E-state index in [0.29, 0.717) is 51.3 Å². The van der Waals surface area contributed by atoms with Crippen LogP contribution in [0.5, 0.6) is 0 Å². The number of H-pyrrole nitrogens is 1. The highest BCUT2D eigenvalue weighted by molar-refractivity contribution is 5.97. The molecule has 1 fully saturated rings. The Labute approximate surface area is 232 Å². The molecule has 2 bridgehead atoms. The summed E-state index contributed by atoms with van der Waals surface area (Å²) in [4.78, 5) is 61.0. The number of anilines is 1. The number of rotatable bonds is 3. The summed E-state index contributed by atoms with van der Waals surface area (Å²) >= 11 is 0. The first kappa shape index (κ1) is 27.2. The Kier molecular flexibility index (Phi) is 8.58. The topological polar surface area (TPSA) is 148 Å². The lowest BCUT2D eigenvalue weighted by molar-refractivity contribution is -0.137. The predicted octanol–water partition coefficient (Wildman–Crippen LogP) is 1.58. The molecule has 0 saturated heterocycles. The molecule has 11 nitrogen and oxygen atoms in total. The molecule has 2 aliphatic rings. The molecule has 1 atom stereocenters. The van der Waals surface area contributed by atoms with E-state index in [9.17, 15) is 19.2 Å². The van der Waals surface area contributed by atoms with Crippen molar-refractivity contribution in [2.75, 3.05) is 38.0 Å². The molecule has 210 valence electrons. The van der Waals surface area contributed by atoms with Crippen LogP contribution in [0.1, 0.15) is 41.7 Å². The Bertz CT molecular complexity index is 1380. The number of pyridine rings is 1. The highest BCUT2D eigenvalue weighted by Crippen LogP contribution is 2.31. The van der Waals surface area contributed by atoms with Crippen LogP contribution in [-0.4, -0.2) is 77.3 Å². The lowest BCUT2D eigenvalue weighted by Crippen LogP contribution is -2.48. The van der Waals surface area contributed by atoms with Crippen molar-refractivity contribution < 1.29 is 19.2 Å². The van der Waals surface area contributed by atoms with E-state index in [1.165, 1.54) is 0 Å². The number of nitrogens with zero attached hydrogens (tertiary/aromatic N) is 2. The second-order valence-corrected chi connectivity index (χ2v) is 10.3. The van der Waals surface area contributed by atoms with Gasteiger partial charge in [-0.2, -0.15) is 0 Å². The fraction of sp³-hybridized carbons (Fsp3) is 0.414. The third-order valence-electron chi connectivity index (χ3n) is 7.18. The number of para-hydroxylation sites is 1. The predicted molar refractivity (Wildman–Crippen MR) is 151 cm³/mol. The van der Waals surface area contributed by atoms with E-state index in [2.05, 4.69) is 31.2 Å². The number of carbonyl (C=O) groups is 4. The molecule has 4 amide bonds. The van der Waals surface area contributed by atoms with Crippen molar-refractivity contribution in [3.05, 3.63) is 59.9 Å². The molecular weight excluding hydrogens is 510 g/mol. The van der Waals surface area contributed by atoms with Crippen LogP contribution < -0.4 is 21.3 Å². The Morgan fingerprint density at radius 2 is 1.75 bits per heavy atom. The zero-order valence-electron chi connectivity index (χ0n) is 22.4.